The Kier molecular flexibility index (Phi) is 11.5. The van der Waals surface area contributed by atoms with E-state index in [-0.39, 0.29) is 24.8 Å². The molecule has 0 atom stereocenters. The second-order valence-corrected chi connectivity index (χ2v) is 3.52. The standard InChI is InChI=1S/C9H19N3O2.C2H6/c1-8(13)7-12(9(14)6-10)5-4-11(2)3;1-2/h4-7,10H2,1-3H3;1-2H3. The molecule has 0 heterocycles. The van der Waals surface area contributed by atoms with Crippen LogP contribution >= 0.6 is 0 Å². The maximum atomic E-state index is 11.3. The van der Waals surface area contributed by atoms with Crippen LogP contribution in [-0.4, -0.2) is 61.8 Å². The molecule has 0 fully saturated rings. The fourth-order valence-corrected chi connectivity index (χ4v) is 1.01. The molecule has 2 N–H and O–H groups in total. The average molecular weight is 231 g/mol. The van der Waals surface area contributed by atoms with Gasteiger partial charge in [0.2, 0.25) is 5.91 Å². The Morgan fingerprint density at radius 2 is 1.62 bits per heavy atom. The summed E-state index contributed by atoms with van der Waals surface area (Å²) < 4.78 is 0. The van der Waals surface area contributed by atoms with Gasteiger partial charge in [0.1, 0.15) is 5.78 Å². The molecular formula is C11H25N3O2. The first-order chi connectivity index (χ1) is 7.47. The zero-order chi connectivity index (χ0) is 13.1. The molecule has 0 spiro atoms. The summed E-state index contributed by atoms with van der Waals surface area (Å²) in [6.45, 7) is 6.86. The molecule has 0 radical (unpaired) electrons. The van der Waals surface area contributed by atoms with Crippen molar-refractivity contribution >= 4 is 11.7 Å². The molecular weight excluding hydrogens is 206 g/mol. The quantitative estimate of drug-likeness (QED) is 0.696. The number of ketones is 1. The van der Waals surface area contributed by atoms with Crippen molar-refractivity contribution in [2.75, 3.05) is 40.3 Å². The first kappa shape index (κ1) is 17.5. The Labute approximate surface area is 98.6 Å². The lowest BCUT2D eigenvalue weighted by Gasteiger charge is -2.22. The van der Waals surface area contributed by atoms with E-state index in [9.17, 15) is 9.59 Å². The monoisotopic (exact) mass is 231 g/mol. The van der Waals surface area contributed by atoms with Gasteiger partial charge >= 0.3 is 0 Å². The summed E-state index contributed by atoms with van der Waals surface area (Å²) in [5, 5.41) is 0. The van der Waals surface area contributed by atoms with Gasteiger partial charge in [0.15, 0.2) is 0 Å². The van der Waals surface area contributed by atoms with E-state index in [0.717, 1.165) is 6.54 Å². The van der Waals surface area contributed by atoms with E-state index in [4.69, 9.17) is 5.73 Å². The molecule has 0 aromatic carbocycles. The molecule has 0 saturated carbocycles. The highest BCUT2D eigenvalue weighted by molar-refractivity contribution is 5.85. The minimum Gasteiger partial charge on any atom is -0.333 e. The molecule has 96 valence electrons. The van der Waals surface area contributed by atoms with Gasteiger partial charge in [0.25, 0.3) is 0 Å². The van der Waals surface area contributed by atoms with Gasteiger partial charge in [0, 0.05) is 13.1 Å². The van der Waals surface area contributed by atoms with Crippen molar-refractivity contribution in [1.29, 1.82) is 0 Å². The summed E-state index contributed by atoms with van der Waals surface area (Å²) >= 11 is 0. The number of carbonyl (C=O) groups is 2. The third kappa shape index (κ3) is 9.61. The highest BCUT2D eigenvalue weighted by Gasteiger charge is 2.13. The molecule has 0 aliphatic carbocycles. The minimum absolute atomic E-state index is 0.0226. The predicted octanol–water partition coefficient (Wildman–Crippen LogP) is -0.0495. The van der Waals surface area contributed by atoms with Crippen LogP contribution in [0.1, 0.15) is 20.8 Å². The summed E-state index contributed by atoms with van der Waals surface area (Å²) in [5.41, 5.74) is 5.24. The predicted molar refractivity (Wildman–Crippen MR) is 66.2 cm³/mol. The van der Waals surface area contributed by atoms with E-state index in [0.29, 0.717) is 6.54 Å². The van der Waals surface area contributed by atoms with Crippen LogP contribution in [0.5, 0.6) is 0 Å². The number of amides is 1. The number of rotatable bonds is 6. The zero-order valence-electron chi connectivity index (χ0n) is 11.1. The van der Waals surface area contributed by atoms with E-state index >= 15 is 0 Å². The van der Waals surface area contributed by atoms with Crippen LogP contribution in [0.15, 0.2) is 0 Å². The van der Waals surface area contributed by atoms with E-state index in [1.54, 1.807) is 0 Å². The summed E-state index contributed by atoms with van der Waals surface area (Å²) in [7, 11) is 3.83. The number of carbonyl (C=O) groups excluding carboxylic acids is 2. The first-order valence-corrected chi connectivity index (χ1v) is 5.59. The molecule has 0 aliphatic heterocycles. The summed E-state index contributed by atoms with van der Waals surface area (Å²) in [4.78, 5) is 25.6. The van der Waals surface area contributed by atoms with Gasteiger partial charge in [-0.1, -0.05) is 13.8 Å². The Balaban J connectivity index is 0. The Morgan fingerprint density at radius 1 is 1.12 bits per heavy atom. The maximum absolute atomic E-state index is 11.3. The van der Waals surface area contributed by atoms with Crippen molar-refractivity contribution in [3.63, 3.8) is 0 Å². The first-order valence-electron chi connectivity index (χ1n) is 5.59. The molecule has 0 aromatic heterocycles. The van der Waals surface area contributed by atoms with Crippen LogP contribution in [-0.2, 0) is 9.59 Å². The highest BCUT2D eigenvalue weighted by Crippen LogP contribution is 1.90. The molecule has 0 saturated heterocycles. The third-order valence-electron chi connectivity index (χ3n) is 1.76. The van der Waals surface area contributed by atoms with E-state index < -0.39 is 0 Å². The van der Waals surface area contributed by atoms with Crippen molar-refractivity contribution in [2.45, 2.75) is 20.8 Å². The van der Waals surface area contributed by atoms with Gasteiger partial charge < -0.3 is 15.5 Å². The van der Waals surface area contributed by atoms with E-state index in [1.165, 1.54) is 11.8 Å². The fourth-order valence-electron chi connectivity index (χ4n) is 1.01. The number of Topliss-reactive ketones (excluding diaryl/α,β-unsaturated/α-hetero) is 1. The van der Waals surface area contributed by atoms with Crippen molar-refractivity contribution in [2.24, 2.45) is 5.73 Å². The number of hydrogen-bond donors (Lipinski definition) is 1. The fraction of sp³-hybridized carbons (Fsp3) is 0.818. The lowest BCUT2D eigenvalue weighted by molar-refractivity contribution is -0.133. The number of likely N-dealkylation sites (N-methyl/N-ethyl adjacent to an activating group) is 1. The summed E-state index contributed by atoms with van der Waals surface area (Å²) in [5.74, 6) is -0.201. The SMILES string of the molecule is CC.CC(=O)CN(CCN(C)C)C(=O)CN. The molecule has 5 heteroatoms. The molecule has 5 nitrogen and oxygen atoms in total. The molecule has 0 aromatic rings. The van der Waals surface area contributed by atoms with Gasteiger partial charge in [-0.2, -0.15) is 0 Å². The Hall–Kier alpha value is -0.940. The van der Waals surface area contributed by atoms with Crippen LogP contribution in [0.2, 0.25) is 0 Å². The Bertz CT molecular complexity index is 205. The van der Waals surface area contributed by atoms with Gasteiger partial charge in [-0.25, -0.2) is 0 Å². The van der Waals surface area contributed by atoms with Crippen LogP contribution < -0.4 is 5.73 Å². The second kappa shape index (κ2) is 10.6. The van der Waals surface area contributed by atoms with Gasteiger partial charge in [-0.05, 0) is 21.0 Å². The number of hydrogen-bond acceptors (Lipinski definition) is 4. The number of nitrogens with zero attached hydrogens (tertiary/aromatic N) is 2. The van der Waals surface area contributed by atoms with Crippen molar-refractivity contribution in [1.82, 2.24) is 9.80 Å². The van der Waals surface area contributed by atoms with Crippen molar-refractivity contribution in [3.05, 3.63) is 0 Å². The number of nitrogens with two attached hydrogens (primary N) is 1. The zero-order valence-corrected chi connectivity index (χ0v) is 11.1. The summed E-state index contributed by atoms with van der Waals surface area (Å²) in [6.07, 6.45) is 0. The largest absolute Gasteiger partial charge is 0.333 e. The van der Waals surface area contributed by atoms with Gasteiger partial charge in [-0.15, -0.1) is 0 Å². The molecule has 0 aliphatic rings. The maximum Gasteiger partial charge on any atom is 0.236 e. The van der Waals surface area contributed by atoms with Crippen LogP contribution in [0.4, 0.5) is 0 Å². The topological polar surface area (TPSA) is 66.6 Å². The van der Waals surface area contributed by atoms with Crippen LogP contribution in [0, 0.1) is 0 Å². The van der Waals surface area contributed by atoms with Crippen LogP contribution in [0.25, 0.3) is 0 Å². The second-order valence-electron chi connectivity index (χ2n) is 3.52. The molecule has 0 rings (SSSR count). The minimum atomic E-state index is -0.179. The molecule has 16 heavy (non-hydrogen) atoms. The van der Waals surface area contributed by atoms with E-state index in [2.05, 4.69) is 0 Å². The molecule has 0 unspecified atom stereocenters. The molecule has 1 amide bonds. The lowest BCUT2D eigenvalue weighted by atomic mass is 10.3. The lowest BCUT2D eigenvalue weighted by Crippen LogP contribution is -2.42. The van der Waals surface area contributed by atoms with Crippen molar-refractivity contribution in [3.8, 4) is 0 Å². The van der Waals surface area contributed by atoms with Crippen LogP contribution in [0.3, 0.4) is 0 Å². The van der Waals surface area contributed by atoms with Gasteiger partial charge in [0.05, 0.1) is 13.1 Å². The summed E-state index contributed by atoms with van der Waals surface area (Å²) in [6, 6.07) is 0. The normalized spacial score (nSPS) is 9.44. The smallest absolute Gasteiger partial charge is 0.236 e. The highest BCUT2D eigenvalue weighted by atomic mass is 16.2. The average Bonchev–Trinajstić information content (AvgIpc) is 2.25. The van der Waals surface area contributed by atoms with Crippen molar-refractivity contribution < 1.29 is 9.59 Å². The molecule has 0 bridgehead atoms. The van der Waals surface area contributed by atoms with E-state index in [1.807, 2.05) is 32.8 Å². The van der Waals surface area contributed by atoms with Gasteiger partial charge in [-0.3, -0.25) is 9.59 Å². The Morgan fingerprint density at radius 3 is 1.94 bits per heavy atom. The third-order valence-corrected chi connectivity index (χ3v) is 1.76.